The molecule has 2 aliphatic heterocycles. The predicted molar refractivity (Wildman–Crippen MR) is 95.9 cm³/mol. The van der Waals surface area contributed by atoms with Crippen LogP contribution in [0.5, 0.6) is 0 Å². The maximum Gasteiger partial charge on any atom is 0.410 e. The van der Waals surface area contributed by atoms with Crippen LogP contribution in [0.4, 0.5) is 19.0 Å². The van der Waals surface area contributed by atoms with E-state index < -0.39 is 12.2 Å². The number of anilines is 1. The molecule has 1 N–H and O–H groups in total. The SMILES string of the molecule is CC[C@@H]1C[C@H](C(F)(F)F)n2nc([C@@H]3CCCN3C(=O)c3ccn(C)n3)cc2N1. The Labute approximate surface area is 160 Å². The number of aryl methyl sites for hydroxylation is 1. The third kappa shape index (κ3) is 3.24. The van der Waals surface area contributed by atoms with Crippen LogP contribution in [0, 0.1) is 0 Å². The van der Waals surface area contributed by atoms with Crippen LogP contribution in [0.3, 0.4) is 0 Å². The summed E-state index contributed by atoms with van der Waals surface area (Å²) in [6.45, 7) is 2.40. The largest absolute Gasteiger partial charge is 0.410 e. The first-order chi connectivity index (χ1) is 13.3. The first-order valence-electron chi connectivity index (χ1n) is 9.51. The fraction of sp³-hybridized carbons (Fsp3) is 0.611. The Morgan fingerprint density at radius 1 is 1.36 bits per heavy atom. The van der Waals surface area contributed by atoms with Crippen LogP contribution in [0.2, 0.25) is 0 Å². The van der Waals surface area contributed by atoms with Crippen molar-refractivity contribution in [3.63, 3.8) is 0 Å². The van der Waals surface area contributed by atoms with Gasteiger partial charge in [-0.25, -0.2) is 4.68 Å². The monoisotopic (exact) mass is 396 g/mol. The standard InChI is InChI=1S/C18H23F3N6O/c1-3-11-9-15(18(19,20)21)27-16(22-11)10-13(24-27)14-5-4-7-26(14)17(28)12-6-8-25(2)23-12/h6,8,10-11,14-15,22H,3-5,7,9H2,1-2H3/t11-,14+,15-/m1/s1. The van der Waals surface area contributed by atoms with Crippen molar-refractivity contribution in [1.82, 2.24) is 24.5 Å². The van der Waals surface area contributed by atoms with E-state index in [0.717, 1.165) is 11.1 Å². The van der Waals surface area contributed by atoms with Crippen LogP contribution in [-0.4, -0.2) is 49.1 Å². The number of carbonyl (C=O) groups is 1. The van der Waals surface area contributed by atoms with Crippen molar-refractivity contribution in [2.45, 2.75) is 56.9 Å². The van der Waals surface area contributed by atoms with Crippen LogP contribution < -0.4 is 5.32 Å². The highest BCUT2D eigenvalue weighted by molar-refractivity contribution is 5.92. The Bertz CT molecular complexity index is 873. The van der Waals surface area contributed by atoms with E-state index in [2.05, 4.69) is 15.5 Å². The van der Waals surface area contributed by atoms with Crippen molar-refractivity contribution in [1.29, 1.82) is 0 Å². The van der Waals surface area contributed by atoms with E-state index in [-0.39, 0.29) is 24.4 Å². The van der Waals surface area contributed by atoms with Crippen molar-refractivity contribution in [2.75, 3.05) is 11.9 Å². The molecule has 3 atom stereocenters. The summed E-state index contributed by atoms with van der Waals surface area (Å²) < 4.78 is 43.3. The maximum absolute atomic E-state index is 13.6. The molecule has 2 aromatic rings. The van der Waals surface area contributed by atoms with Gasteiger partial charge >= 0.3 is 6.18 Å². The molecule has 0 aromatic carbocycles. The van der Waals surface area contributed by atoms with Crippen molar-refractivity contribution in [2.24, 2.45) is 7.05 Å². The number of alkyl halides is 3. The molecule has 0 aliphatic carbocycles. The number of fused-ring (bicyclic) bond motifs is 1. The van der Waals surface area contributed by atoms with Crippen LogP contribution in [0.25, 0.3) is 0 Å². The van der Waals surface area contributed by atoms with Crippen molar-refractivity contribution >= 4 is 11.7 Å². The second-order valence-electron chi connectivity index (χ2n) is 7.47. The van der Waals surface area contributed by atoms with Gasteiger partial charge in [-0.15, -0.1) is 0 Å². The van der Waals surface area contributed by atoms with E-state index in [0.29, 0.717) is 36.6 Å². The molecule has 0 spiro atoms. The summed E-state index contributed by atoms with van der Waals surface area (Å²) in [5, 5.41) is 11.6. The van der Waals surface area contributed by atoms with E-state index in [9.17, 15) is 18.0 Å². The zero-order valence-electron chi connectivity index (χ0n) is 15.8. The van der Waals surface area contributed by atoms with Crippen molar-refractivity contribution in [3.05, 3.63) is 29.7 Å². The minimum Gasteiger partial charge on any atom is -0.367 e. The average Bonchev–Trinajstić information content (AvgIpc) is 3.37. The third-order valence-electron chi connectivity index (χ3n) is 5.57. The lowest BCUT2D eigenvalue weighted by Crippen LogP contribution is -2.39. The highest BCUT2D eigenvalue weighted by Gasteiger charge is 2.46. The summed E-state index contributed by atoms with van der Waals surface area (Å²) in [5.41, 5.74) is 0.825. The van der Waals surface area contributed by atoms with Gasteiger partial charge in [-0.3, -0.25) is 9.48 Å². The summed E-state index contributed by atoms with van der Waals surface area (Å²) in [6.07, 6.45) is -0.679. The van der Waals surface area contributed by atoms with Gasteiger partial charge in [0.05, 0.1) is 11.7 Å². The lowest BCUT2D eigenvalue weighted by Gasteiger charge is -2.32. The normalized spacial score (nSPS) is 24.9. The molecule has 0 radical (unpaired) electrons. The van der Waals surface area contributed by atoms with Crippen LogP contribution in [0.15, 0.2) is 18.3 Å². The highest BCUT2D eigenvalue weighted by Crippen LogP contribution is 2.42. The third-order valence-corrected chi connectivity index (χ3v) is 5.57. The van der Waals surface area contributed by atoms with E-state index in [1.165, 1.54) is 0 Å². The quantitative estimate of drug-likeness (QED) is 0.865. The van der Waals surface area contributed by atoms with Gasteiger partial charge in [-0.05, 0) is 31.7 Å². The summed E-state index contributed by atoms with van der Waals surface area (Å²) in [7, 11) is 1.73. The molecule has 152 valence electrons. The van der Waals surface area contributed by atoms with Gasteiger partial charge in [0, 0.05) is 31.9 Å². The van der Waals surface area contributed by atoms with Gasteiger partial charge in [0.25, 0.3) is 5.91 Å². The molecule has 2 aliphatic rings. The van der Waals surface area contributed by atoms with Gasteiger partial charge < -0.3 is 10.2 Å². The molecule has 0 saturated carbocycles. The zero-order chi connectivity index (χ0) is 20.1. The smallest absolute Gasteiger partial charge is 0.367 e. The Morgan fingerprint density at radius 3 is 2.79 bits per heavy atom. The maximum atomic E-state index is 13.6. The van der Waals surface area contributed by atoms with Crippen LogP contribution in [0.1, 0.15) is 60.9 Å². The number of carbonyl (C=O) groups excluding carboxylic acids is 1. The minimum atomic E-state index is -4.37. The van der Waals surface area contributed by atoms with Gasteiger partial charge in [0.15, 0.2) is 6.04 Å². The molecule has 1 fully saturated rings. The molecule has 7 nitrogen and oxygen atoms in total. The fourth-order valence-corrected chi connectivity index (χ4v) is 4.09. The molecule has 0 bridgehead atoms. The Hall–Kier alpha value is -2.52. The van der Waals surface area contributed by atoms with E-state index in [1.54, 1.807) is 35.0 Å². The van der Waals surface area contributed by atoms with E-state index >= 15 is 0 Å². The van der Waals surface area contributed by atoms with Gasteiger partial charge in [0.2, 0.25) is 0 Å². The van der Waals surface area contributed by atoms with Crippen molar-refractivity contribution < 1.29 is 18.0 Å². The summed E-state index contributed by atoms with van der Waals surface area (Å²) in [4.78, 5) is 14.5. The number of aromatic nitrogens is 4. The molecule has 2 aromatic heterocycles. The van der Waals surface area contributed by atoms with Gasteiger partial charge in [-0.2, -0.15) is 23.4 Å². The number of amides is 1. The molecule has 1 saturated heterocycles. The lowest BCUT2D eigenvalue weighted by atomic mass is 10.0. The van der Waals surface area contributed by atoms with Crippen LogP contribution in [-0.2, 0) is 7.05 Å². The molecular weight excluding hydrogens is 373 g/mol. The number of likely N-dealkylation sites (tertiary alicyclic amines) is 1. The summed E-state index contributed by atoms with van der Waals surface area (Å²) >= 11 is 0. The lowest BCUT2D eigenvalue weighted by molar-refractivity contribution is -0.173. The predicted octanol–water partition coefficient (Wildman–Crippen LogP) is 3.29. The summed E-state index contributed by atoms with van der Waals surface area (Å²) in [6, 6.07) is 1.06. The molecular formula is C18H23F3N6O. The fourth-order valence-electron chi connectivity index (χ4n) is 4.09. The van der Waals surface area contributed by atoms with Crippen molar-refractivity contribution in [3.8, 4) is 0 Å². The minimum absolute atomic E-state index is 0.0463. The Morgan fingerprint density at radius 2 is 2.14 bits per heavy atom. The number of rotatable bonds is 3. The molecule has 28 heavy (non-hydrogen) atoms. The topological polar surface area (TPSA) is 68.0 Å². The average molecular weight is 396 g/mol. The molecule has 4 rings (SSSR count). The Balaban J connectivity index is 1.64. The first kappa shape index (κ1) is 18.8. The number of hydrogen-bond donors (Lipinski definition) is 1. The zero-order valence-corrected chi connectivity index (χ0v) is 15.8. The molecule has 10 heteroatoms. The van der Waals surface area contributed by atoms with E-state index in [1.807, 2.05) is 6.92 Å². The molecule has 0 unspecified atom stereocenters. The van der Waals surface area contributed by atoms with Crippen LogP contribution >= 0.6 is 0 Å². The van der Waals surface area contributed by atoms with Gasteiger partial charge in [0.1, 0.15) is 11.5 Å². The number of halogens is 3. The highest BCUT2D eigenvalue weighted by atomic mass is 19.4. The first-order valence-corrected chi connectivity index (χ1v) is 9.51. The second kappa shape index (κ2) is 6.82. The van der Waals surface area contributed by atoms with E-state index in [4.69, 9.17) is 0 Å². The number of nitrogens with zero attached hydrogens (tertiary/aromatic N) is 5. The summed E-state index contributed by atoms with van der Waals surface area (Å²) in [5.74, 6) is 0.147. The molecule has 1 amide bonds. The number of hydrogen-bond acceptors (Lipinski definition) is 4. The Kier molecular flexibility index (Phi) is 4.59. The second-order valence-corrected chi connectivity index (χ2v) is 7.47. The molecule has 4 heterocycles. The van der Waals surface area contributed by atoms with Gasteiger partial charge in [-0.1, -0.05) is 6.92 Å². The number of nitrogens with one attached hydrogen (secondary N) is 1.